The normalized spacial score (nSPS) is 10.2. The van der Waals surface area contributed by atoms with E-state index >= 15 is 0 Å². The molecule has 1 aromatic carbocycles. The quantitative estimate of drug-likeness (QED) is 0.659. The van der Waals surface area contributed by atoms with Gasteiger partial charge in [0.25, 0.3) is 0 Å². The number of alkyl halides is 1. The Labute approximate surface area is 98.4 Å². The van der Waals surface area contributed by atoms with Gasteiger partial charge in [-0.15, -0.1) is 12.6 Å². The van der Waals surface area contributed by atoms with Crippen molar-refractivity contribution in [1.82, 2.24) is 0 Å². The summed E-state index contributed by atoms with van der Waals surface area (Å²) in [5.74, 6) is 0.207. The molecule has 3 heteroatoms. The van der Waals surface area contributed by atoms with Gasteiger partial charge in [0.1, 0.15) is 5.78 Å². The number of aryl methyl sites for hydroxylation is 1. The van der Waals surface area contributed by atoms with Gasteiger partial charge in [0.15, 0.2) is 0 Å². The number of hydrogen-bond donors (Lipinski definition) is 1. The Balaban J connectivity index is 2.93. The number of rotatable bonds is 4. The zero-order chi connectivity index (χ0) is 10.6. The van der Waals surface area contributed by atoms with Crippen molar-refractivity contribution in [3.63, 3.8) is 0 Å². The molecule has 0 atom stereocenters. The lowest BCUT2D eigenvalue weighted by Crippen LogP contribution is -2.05. The second-order valence-electron chi connectivity index (χ2n) is 3.16. The Morgan fingerprint density at radius 3 is 2.71 bits per heavy atom. The summed E-state index contributed by atoms with van der Waals surface area (Å²) in [5.41, 5.74) is 2.33. The molecule has 0 aliphatic heterocycles. The summed E-state index contributed by atoms with van der Waals surface area (Å²) in [5, 5.41) is 0.424. The van der Waals surface area contributed by atoms with E-state index in [-0.39, 0.29) is 5.78 Å². The van der Waals surface area contributed by atoms with E-state index in [0.29, 0.717) is 11.8 Å². The Kier molecular flexibility index (Phi) is 4.69. The van der Waals surface area contributed by atoms with Gasteiger partial charge in [-0.05, 0) is 29.7 Å². The molecule has 0 fully saturated rings. The molecule has 0 aliphatic rings. The second kappa shape index (κ2) is 5.56. The van der Waals surface area contributed by atoms with Crippen LogP contribution in [0, 0.1) is 0 Å². The van der Waals surface area contributed by atoms with Crippen molar-refractivity contribution in [2.75, 3.05) is 5.33 Å². The van der Waals surface area contributed by atoms with Crippen LogP contribution >= 0.6 is 28.6 Å². The molecule has 0 unspecified atom stereocenters. The van der Waals surface area contributed by atoms with Gasteiger partial charge in [0, 0.05) is 11.3 Å². The lowest BCUT2D eigenvalue weighted by Gasteiger charge is -2.07. The Morgan fingerprint density at radius 2 is 2.14 bits per heavy atom. The molecule has 0 aromatic heterocycles. The van der Waals surface area contributed by atoms with Crippen LogP contribution in [-0.2, 0) is 17.6 Å². The smallest absolute Gasteiger partial charge is 0.147 e. The first-order chi connectivity index (χ1) is 6.67. The highest BCUT2D eigenvalue weighted by atomic mass is 79.9. The summed E-state index contributed by atoms with van der Waals surface area (Å²) < 4.78 is 0. The van der Waals surface area contributed by atoms with Crippen LogP contribution in [-0.4, -0.2) is 11.1 Å². The van der Waals surface area contributed by atoms with E-state index in [0.717, 1.165) is 16.9 Å². The van der Waals surface area contributed by atoms with Gasteiger partial charge in [0.2, 0.25) is 0 Å². The van der Waals surface area contributed by atoms with Crippen molar-refractivity contribution < 1.29 is 4.79 Å². The first-order valence-corrected chi connectivity index (χ1v) is 6.12. The van der Waals surface area contributed by atoms with E-state index in [9.17, 15) is 4.79 Å². The zero-order valence-electron chi connectivity index (χ0n) is 8.09. The third kappa shape index (κ3) is 3.14. The summed E-state index contributed by atoms with van der Waals surface area (Å²) >= 11 is 7.44. The maximum absolute atomic E-state index is 11.3. The van der Waals surface area contributed by atoms with E-state index in [2.05, 4.69) is 35.5 Å². The average molecular weight is 273 g/mol. The number of carbonyl (C=O) groups is 1. The molecule has 0 heterocycles. The standard InChI is InChI=1S/C11H13BrOS/c1-2-8-3-4-11(14)6-9(8)5-10(13)7-12/h3-4,6,14H,2,5,7H2,1H3. The highest BCUT2D eigenvalue weighted by molar-refractivity contribution is 9.09. The molecule has 14 heavy (non-hydrogen) atoms. The number of halogens is 1. The van der Waals surface area contributed by atoms with E-state index in [1.54, 1.807) is 0 Å². The van der Waals surface area contributed by atoms with Gasteiger partial charge in [-0.25, -0.2) is 0 Å². The van der Waals surface area contributed by atoms with E-state index in [1.165, 1.54) is 5.56 Å². The molecule has 0 saturated heterocycles. The van der Waals surface area contributed by atoms with Crippen molar-refractivity contribution >= 4 is 34.3 Å². The van der Waals surface area contributed by atoms with Crippen molar-refractivity contribution in [2.45, 2.75) is 24.7 Å². The predicted molar refractivity (Wildman–Crippen MR) is 65.6 cm³/mol. The van der Waals surface area contributed by atoms with E-state index < -0.39 is 0 Å². The van der Waals surface area contributed by atoms with Gasteiger partial charge in [-0.2, -0.15) is 0 Å². The largest absolute Gasteiger partial charge is 0.298 e. The van der Waals surface area contributed by atoms with Crippen LogP contribution in [0.25, 0.3) is 0 Å². The maximum Gasteiger partial charge on any atom is 0.147 e. The van der Waals surface area contributed by atoms with Crippen LogP contribution in [0.1, 0.15) is 18.1 Å². The fraction of sp³-hybridized carbons (Fsp3) is 0.364. The molecule has 0 amide bonds. The molecule has 0 spiro atoms. The molecule has 0 N–H and O–H groups in total. The SMILES string of the molecule is CCc1ccc(S)cc1CC(=O)CBr. The molecule has 0 saturated carbocycles. The number of thiol groups is 1. The van der Waals surface area contributed by atoms with Crippen molar-refractivity contribution in [2.24, 2.45) is 0 Å². The monoisotopic (exact) mass is 272 g/mol. The number of Topliss-reactive ketones (excluding diaryl/α,β-unsaturated/α-hetero) is 1. The lowest BCUT2D eigenvalue weighted by atomic mass is 10.0. The predicted octanol–water partition coefficient (Wildman–Crippen LogP) is 3.04. The number of hydrogen-bond acceptors (Lipinski definition) is 2. The van der Waals surface area contributed by atoms with Crippen LogP contribution in [0.5, 0.6) is 0 Å². The Morgan fingerprint density at radius 1 is 1.43 bits per heavy atom. The van der Waals surface area contributed by atoms with Crippen LogP contribution in [0.4, 0.5) is 0 Å². The van der Waals surface area contributed by atoms with Crippen LogP contribution < -0.4 is 0 Å². The summed E-state index contributed by atoms with van der Waals surface area (Å²) in [6.07, 6.45) is 1.46. The zero-order valence-corrected chi connectivity index (χ0v) is 10.6. The van der Waals surface area contributed by atoms with Crippen LogP contribution in [0.2, 0.25) is 0 Å². The first kappa shape index (κ1) is 11.8. The molecular weight excluding hydrogens is 260 g/mol. The molecular formula is C11H13BrOS. The highest BCUT2D eigenvalue weighted by Gasteiger charge is 2.06. The van der Waals surface area contributed by atoms with E-state index in [4.69, 9.17) is 0 Å². The fourth-order valence-electron chi connectivity index (χ4n) is 1.38. The topological polar surface area (TPSA) is 17.1 Å². The van der Waals surface area contributed by atoms with Gasteiger partial charge in [0.05, 0.1) is 5.33 Å². The Bertz CT molecular complexity index is 336. The van der Waals surface area contributed by atoms with Gasteiger partial charge in [-0.1, -0.05) is 28.9 Å². The van der Waals surface area contributed by atoms with Gasteiger partial charge >= 0.3 is 0 Å². The van der Waals surface area contributed by atoms with Crippen molar-refractivity contribution in [3.05, 3.63) is 29.3 Å². The summed E-state index contributed by atoms with van der Waals surface area (Å²) in [6, 6.07) is 5.98. The number of carbonyl (C=O) groups excluding carboxylic acids is 1. The van der Waals surface area contributed by atoms with Crippen molar-refractivity contribution in [1.29, 1.82) is 0 Å². The van der Waals surface area contributed by atoms with Gasteiger partial charge in [-0.3, -0.25) is 4.79 Å². The maximum atomic E-state index is 11.3. The lowest BCUT2D eigenvalue weighted by molar-refractivity contribution is -0.115. The first-order valence-electron chi connectivity index (χ1n) is 4.55. The molecule has 1 aromatic rings. The van der Waals surface area contributed by atoms with E-state index in [1.807, 2.05) is 18.2 Å². The molecule has 0 aliphatic carbocycles. The average Bonchev–Trinajstić information content (AvgIpc) is 2.18. The summed E-state index contributed by atoms with van der Waals surface area (Å²) in [4.78, 5) is 12.2. The third-order valence-corrected chi connectivity index (χ3v) is 3.01. The minimum atomic E-state index is 0.207. The third-order valence-electron chi connectivity index (χ3n) is 2.11. The molecule has 1 nitrogen and oxygen atoms in total. The molecule has 76 valence electrons. The highest BCUT2D eigenvalue weighted by Crippen LogP contribution is 2.16. The minimum absolute atomic E-state index is 0.207. The van der Waals surface area contributed by atoms with Crippen molar-refractivity contribution in [3.8, 4) is 0 Å². The number of ketones is 1. The number of benzene rings is 1. The van der Waals surface area contributed by atoms with Crippen LogP contribution in [0.15, 0.2) is 23.1 Å². The molecule has 0 bridgehead atoms. The molecule has 0 radical (unpaired) electrons. The van der Waals surface area contributed by atoms with Gasteiger partial charge < -0.3 is 0 Å². The fourth-order valence-corrected chi connectivity index (χ4v) is 1.81. The Hall–Kier alpha value is -0.280. The summed E-state index contributed by atoms with van der Waals surface area (Å²) in [6.45, 7) is 2.09. The minimum Gasteiger partial charge on any atom is -0.298 e. The molecule has 1 rings (SSSR count). The second-order valence-corrected chi connectivity index (χ2v) is 4.23. The summed E-state index contributed by atoms with van der Waals surface area (Å²) in [7, 11) is 0. The van der Waals surface area contributed by atoms with Crippen LogP contribution in [0.3, 0.4) is 0 Å².